The Hall–Kier alpha value is -2.80. The minimum atomic E-state index is 0.0160. The van der Waals surface area contributed by atoms with Gasteiger partial charge in [0.2, 0.25) is 0 Å². The number of hydrogen-bond acceptors (Lipinski definition) is 6. The molecule has 1 aromatic carbocycles. The predicted octanol–water partition coefficient (Wildman–Crippen LogP) is 4.57. The Morgan fingerprint density at radius 1 is 1.19 bits per heavy atom. The summed E-state index contributed by atoms with van der Waals surface area (Å²) in [6.07, 6.45) is 0.925. The number of carbonyl (C=O) groups is 1. The highest BCUT2D eigenvalue weighted by Gasteiger charge is 2.18. The average molecular weight is 386 g/mol. The maximum atomic E-state index is 12.4. The van der Waals surface area contributed by atoms with Gasteiger partial charge in [-0.15, -0.1) is 11.3 Å². The molecule has 3 rings (SSSR count). The van der Waals surface area contributed by atoms with E-state index in [0.717, 1.165) is 23.4 Å². The summed E-state index contributed by atoms with van der Waals surface area (Å²) in [5.41, 5.74) is 1.42. The van der Waals surface area contributed by atoms with Crippen LogP contribution in [0.15, 0.2) is 40.9 Å². The third-order valence-electron chi connectivity index (χ3n) is 4.16. The molecule has 6 nitrogen and oxygen atoms in total. The summed E-state index contributed by atoms with van der Waals surface area (Å²) in [6.45, 7) is 2.78. The van der Waals surface area contributed by atoms with Gasteiger partial charge in [-0.25, -0.2) is 0 Å². The molecule has 2 aromatic heterocycles. The number of hydrogen-bond donors (Lipinski definition) is 0. The molecule has 1 amide bonds. The van der Waals surface area contributed by atoms with E-state index in [-0.39, 0.29) is 5.91 Å². The van der Waals surface area contributed by atoms with Crippen molar-refractivity contribution in [2.75, 3.05) is 27.8 Å². The summed E-state index contributed by atoms with van der Waals surface area (Å²) in [4.78, 5) is 15.7. The van der Waals surface area contributed by atoms with Crippen molar-refractivity contribution in [2.45, 2.75) is 13.3 Å². The lowest BCUT2D eigenvalue weighted by molar-refractivity contribution is 0.0800. The van der Waals surface area contributed by atoms with Crippen molar-refractivity contribution in [2.24, 2.45) is 0 Å². The van der Waals surface area contributed by atoms with Gasteiger partial charge in [0.1, 0.15) is 17.2 Å². The van der Waals surface area contributed by atoms with E-state index in [0.29, 0.717) is 27.8 Å². The molecule has 142 valence electrons. The second-order valence-corrected chi connectivity index (χ2v) is 7.12. The van der Waals surface area contributed by atoms with Crippen molar-refractivity contribution < 1.29 is 18.8 Å². The molecule has 2 heterocycles. The number of methoxy groups -OCH3 is 2. The Morgan fingerprint density at radius 2 is 2.00 bits per heavy atom. The SMILES string of the molecule is CCCN(C)C(=O)c1ccc(-c2cc(-c3cc(OC)ccc3OC)no2)s1. The van der Waals surface area contributed by atoms with Crippen LogP contribution >= 0.6 is 11.3 Å². The van der Waals surface area contributed by atoms with Gasteiger partial charge in [0.15, 0.2) is 5.76 Å². The quantitative estimate of drug-likeness (QED) is 0.595. The van der Waals surface area contributed by atoms with Crippen LogP contribution in [0.2, 0.25) is 0 Å². The zero-order chi connectivity index (χ0) is 19.4. The fourth-order valence-electron chi connectivity index (χ4n) is 2.74. The highest BCUT2D eigenvalue weighted by atomic mass is 32.1. The molecule has 7 heteroatoms. The van der Waals surface area contributed by atoms with Crippen molar-refractivity contribution in [3.05, 3.63) is 41.3 Å². The number of rotatable bonds is 7. The molecule has 3 aromatic rings. The van der Waals surface area contributed by atoms with Crippen LogP contribution in [0.25, 0.3) is 21.9 Å². The van der Waals surface area contributed by atoms with Crippen molar-refractivity contribution >= 4 is 17.2 Å². The zero-order valence-corrected chi connectivity index (χ0v) is 16.6. The Labute approximate surface area is 162 Å². The largest absolute Gasteiger partial charge is 0.497 e. The molecule has 0 unspecified atom stereocenters. The first-order valence-corrected chi connectivity index (χ1v) is 9.43. The first-order chi connectivity index (χ1) is 13.1. The molecular weight excluding hydrogens is 364 g/mol. The van der Waals surface area contributed by atoms with Gasteiger partial charge in [-0.3, -0.25) is 4.79 Å². The number of ether oxygens (including phenoxy) is 2. The molecule has 0 saturated carbocycles. The van der Waals surface area contributed by atoms with Crippen LogP contribution in [0.5, 0.6) is 11.5 Å². The van der Waals surface area contributed by atoms with E-state index < -0.39 is 0 Å². The fourth-order valence-corrected chi connectivity index (χ4v) is 3.69. The Balaban J connectivity index is 1.88. The standard InChI is InChI=1S/C20H22N2O4S/c1-5-10-22(2)20(23)19-9-8-18(27-19)17-12-15(21-26-17)14-11-13(24-3)6-7-16(14)25-4/h6-9,11-12H,5,10H2,1-4H3. The van der Waals surface area contributed by atoms with Crippen LogP contribution in [0.3, 0.4) is 0 Å². The monoisotopic (exact) mass is 386 g/mol. The van der Waals surface area contributed by atoms with Gasteiger partial charge in [0, 0.05) is 25.2 Å². The highest BCUT2D eigenvalue weighted by Crippen LogP contribution is 2.36. The van der Waals surface area contributed by atoms with Crippen molar-refractivity contribution in [1.82, 2.24) is 10.1 Å². The van der Waals surface area contributed by atoms with Gasteiger partial charge in [-0.2, -0.15) is 0 Å². The minimum Gasteiger partial charge on any atom is -0.497 e. The van der Waals surface area contributed by atoms with E-state index in [4.69, 9.17) is 14.0 Å². The van der Waals surface area contributed by atoms with Crippen LogP contribution in [-0.4, -0.2) is 43.8 Å². The molecule has 0 saturated heterocycles. The van der Waals surface area contributed by atoms with Gasteiger partial charge in [0.05, 0.1) is 24.0 Å². The molecule has 0 aliphatic carbocycles. The van der Waals surface area contributed by atoms with Crippen molar-refractivity contribution in [3.8, 4) is 33.4 Å². The lowest BCUT2D eigenvalue weighted by Crippen LogP contribution is -2.26. The second-order valence-electron chi connectivity index (χ2n) is 6.03. The van der Waals surface area contributed by atoms with Crippen molar-refractivity contribution in [1.29, 1.82) is 0 Å². The smallest absolute Gasteiger partial charge is 0.263 e. The molecule has 0 fully saturated rings. The Morgan fingerprint density at radius 3 is 2.70 bits per heavy atom. The molecule has 0 bridgehead atoms. The van der Waals surface area contributed by atoms with E-state index in [1.807, 2.05) is 50.4 Å². The highest BCUT2D eigenvalue weighted by molar-refractivity contribution is 7.17. The van der Waals surface area contributed by atoms with E-state index in [1.54, 1.807) is 19.1 Å². The Kier molecular flexibility index (Phi) is 5.81. The maximum Gasteiger partial charge on any atom is 0.263 e. The molecule has 27 heavy (non-hydrogen) atoms. The minimum absolute atomic E-state index is 0.0160. The summed E-state index contributed by atoms with van der Waals surface area (Å²) >= 11 is 1.39. The van der Waals surface area contributed by atoms with Crippen LogP contribution in [0.1, 0.15) is 23.0 Å². The number of aromatic nitrogens is 1. The number of carbonyl (C=O) groups excluding carboxylic acids is 1. The van der Waals surface area contributed by atoms with Crippen molar-refractivity contribution in [3.63, 3.8) is 0 Å². The molecule has 0 aliphatic rings. The van der Waals surface area contributed by atoms with E-state index in [2.05, 4.69) is 5.16 Å². The molecule has 0 N–H and O–H groups in total. The van der Waals surface area contributed by atoms with Crippen LogP contribution in [0.4, 0.5) is 0 Å². The number of thiophene rings is 1. The average Bonchev–Trinajstić information content (AvgIpc) is 3.36. The summed E-state index contributed by atoms with van der Waals surface area (Å²) in [5.74, 6) is 2.01. The molecule has 0 atom stereocenters. The summed E-state index contributed by atoms with van der Waals surface area (Å²) in [7, 11) is 5.03. The van der Waals surface area contributed by atoms with Gasteiger partial charge in [0.25, 0.3) is 5.91 Å². The second kappa shape index (κ2) is 8.26. The molecular formula is C20H22N2O4S. The van der Waals surface area contributed by atoms with E-state index >= 15 is 0 Å². The zero-order valence-electron chi connectivity index (χ0n) is 15.8. The predicted molar refractivity (Wildman–Crippen MR) is 106 cm³/mol. The molecule has 0 aliphatic heterocycles. The van der Waals surface area contributed by atoms with E-state index in [9.17, 15) is 4.79 Å². The Bertz CT molecular complexity index is 932. The van der Waals surface area contributed by atoms with E-state index in [1.165, 1.54) is 11.3 Å². The van der Waals surface area contributed by atoms with Crippen LogP contribution in [-0.2, 0) is 0 Å². The number of benzene rings is 1. The van der Waals surface area contributed by atoms with Gasteiger partial charge in [-0.05, 0) is 36.8 Å². The summed E-state index contributed by atoms with van der Waals surface area (Å²) in [6, 6.07) is 11.0. The van der Waals surface area contributed by atoms with Crippen LogP contribution in [0, 0.1) is 0 Å². The maximum absolute atomic E-state index is 12.4. The lowest BCUT2D eigenvalue weighted by atomic mass is 10.1. The lowest BCUT2D eigenvalue weighted by Gasteiger charge is -2.14. The number of amides is 1. The van der Waals surface area contributed by atoms with Gasteiger partial charge >= 0.3 is 0 Å². The number of nitrogens with zero attached hydrogens (tertiary/aromatic N) is 2. The third-order valence-corrected chi connectivity index (χ3v) is 5.25. The summed E-state index contributed by atoms with van der Waals surface area (Å²) in [5, 5.41) is 4.17. The fraction of sp³-hybridized carbons (Fsp3) is 0.300. The normalized spacial score (nSPS) is 10.7. The first-order valence-electron chi connectivity index (χ1n) is 8.62. The van der Waals surface area contributed by atoms with Crippen LogP contribution < -0.4 is 9.47 Å². The van der Waals surface area contributed by atoms with Gasteiger partial charge in [-0.1, -0.05) is 12.1 Å². The van der Waals surface area contributed by atoms with Gasteiger partial charge < -0.3 is 18.9 Å². The molecule has 0 spiro atoms. The topological polar surface area (TPSA) is 64.8 Å². The molecule has 0 radical (unpaired) electrons. The summed E-state index contributed by atoms with van der Waals surface area (Å²) < 4.78 is 16.2. The third kappa shape index (κ3) is 3.98. The first kappa shape index (κ1) is 19.0.